The number of nitrogen functional groups attached to an aromatic ring is 1. The highest BCUT2D eigenvalue weighted by molar-refractivity contribution is 7.89. The summed E-state index contributed by atoms with van der Waals surface area (Å²) in [5.74, 6) is 0. The standard InChI is InChI=1S/C15H23N3O2S/c1-11-9-17-8-4-5-13(17)10-18(11)21(19,20)15-7-3-6-14(16)12(15)2/h3,6-7,11,13H,4-5,8-10,16H2,1-2H3. The average molecular weight is 309 g/mol. The first kappa shape index (κ1) is 14.8. The second-order valence-corrected chi connectivity index (χ2v) is 8.04. The number of hydrogen-bond acceptors (Lipinski definition) is 4. The largest absolute Gasteiger partial charge is 0.398 e. The molecule has 2 aliphatic heterocycles. The zero-order chi connectivity index (χ0) is 15.2. The van der Waals surface area contributed by atoms with E-state index in [-0.39, 0.29) is 6.04 Å². The molecular weight excluding hydrogens is 286 g/mol. The lowest BCUT2D eigenvalue weighted by atomic mass is 10.1. The molecule has 1 aromatic carbocycles. The number of sulfonamides is 1. The van der Waals surface area contributed by atoms with Crippen LogP contribution in [0.15, 0.2) is 23.1 Å². The summed E-state index contributed by atoms with van der Waals surface area (Å²) >= 11 is 0. The van der Waals surface area contributed by atoms with E-state index in [2.05, 4.69) is 4.90 Å². The topological polar surface area (TPSA) is 66.6 Å². The molecule has 3 rings (SSSR count). The number of anilines is 1. The number of piperazine rings is 1. The lowest BCUT2D eigenvalue weighted by Crippen LogP contribution is -2.56. The third kappa shape index (κ3) is 2.45. The summed E-state index contributed by atoms with van der Waals surface area (Å²) in [6, 6.07) is 5.50. The molecule has 0 bridgehead atoms. The van der Waals surface area contributed by atoms with Gasteiger partial charge in [0.05, 0.1) is 4.90 Å². The Bertz CT molecular complexity index is 644. The van der Waals surface area contributed by atoms with Crippen molar-refractivity contribution in [3.8, 4) is 0 Å². The maximum absolute atomic E-state index is 13.0. The Morgan fingerprint density at radius 3 is 2.81 bits per heavy atom. The zero-order valence-electron chi connectivity index (χ0n) is 12.6. The summed E-state index contributed by atoms with van der Waals surface area (Å²) in [5.41, 5.74) is 7.06. The molecule has 2 saturated heterocycles. The fourth-order valence-electron chi connectivity index (χ4n) is 3.53. The van der Waals surface area contributed by atoms with Crippen molar-refractivity contribution in [3.63, 3.8) is 0 Å². The van der Waals surface area contributed by atoms with Gasteiger partial charge in [-0.1, -0.05) is 6.07 Å². The molecule has 0 aromatic heterocycles. The number of rotatable bonds is 2. The van der Waals surface area contributed by atoms with Gasteiger partial charge in [-0.15, -0.1) is 0 Å². The van der Waals surface area contributed by atoms with Gasteiger partial charge in [0.1, 0.15) is 0 Å². The Morgan fingerprint density at radius 2 is 2.05 bits per heavy atom. The summed E-state index contributed by atoms with van der Waals surface area (Å²) in [6.07, 6.45) is 2.26. The lowest BCUT2D eigenvalue weighted by Gasteiger charge is -2.41. The van der Waals surface area contributed by atoms with Crippen LogP contribution < -0.4 is 5.73 Å². The summed E-state index contributed by atoms with van der Waals surface area (Å²) in [7, 11) is -3.48. The van der Waals surface area contributed by atoms with E-state index in [0.29, 0.717) is 28.7 Å². The minimum absolute atomic E-state index is 0.00480. The Morgan fingerprint density at radius 1 is 1.29 bits per heavy atom. The number of nitrogens with zero attached hydrogens (tertiary/aromatic N) is 2. The average Bonchev–Trinajstić information content (AvgIpc) is 2.87. The van der Waals surface area contributed by atoms with E-state index < -0.39 is 10.0 Å². The van der Waals surface area contributed by atoms with Gasteiger partial charge in [-0.05, 0) is 50.9 Å². The molecule has 21 heavy (non-hydrogen) atoms. The zero-order valence-corrected chi connectivity index (χ0v) is 13.4. The Labute approximate surface area is 126 Å². The van der Waals surface area contributed by atoms with Crippen molar-refractivity contribution in [2.75, 3.05) is 25.4 Å². The van der Waals surface area contributed by atoms with Crippen LogP contribution in [0.3, 0.4) is 0 Å². The van der Waals surface area contributed by atoms with E-state index in [1.54, 1.807) is 29.4 Å². The van der Waals surface area contributed by atoms with E-state index >= 15 is 0 Å². The monoisotopic (exact) mass is 309 g/mol. The molecule has 2 aliphatic rings. The van der Waals surface area contributed by atoms with E-state index in [4.69, 9.17) is 5.73 Å². The van der Waals surface area contributed by atoms with Gasteiger partial charge in [0.15, 0.2) is 0 Å². The molecule has 2 heterocycles. The van der Waals surface area contributed by atoms with Gasteiger partial charge in [0.2, 0.25) is 10.0 Å². The first-order valence-electron chi connectivity index (χ1n) is 7.52. The highest BCUT2D eigenvalue weighted by Gasteiger charge is 2.40. The SMILES string of the molecule is Cc1c(N)cccc1S(=O)(=O)N1CC2CCCN2CC1C. The van der Waals surface area contributed by atoms with Crippen LogP contribution in [0.1, 0.15) is 25.3 Å². The number of benzene rings is 1. The van der Waals surface area contributed by atoms with Gasteiger partial charge in [-0.3, -0.25) is 4.90 Å². The molecule has 116 valence electrons. The van der Waals surface area contributed by atoms with Crippen LogP contribution in [0.2, 0.25) is 0 Å². The maximum Gasteiger partial charge on any atom is 0.243 e. The molecule has 0 spiro atoms. The van der Waals surface area contributed by atoms with Gasteiger partial charge in [0.25, 0.3) is 0 Å². The van der Waals surface area contributed by atoms with Crippen molar-refractivity contribution in [3.05, 3.63) is 23.8 Å². The second-order valence-electron chi connectivity index (χ2n) is 6.19. The van der Waals surface area contributed by atoms with Crippen LogP contribution in [0.5, 0.6) is 0 Å². The quantitative estimate of drug-likeness (QED) is 0.839. The smallest absolute Gasteiger partial charge is 0.243 e. The third-order valence-corrected chi connectivity index (χ3v) is 6.92. The summed E-state index contributed by atoms with van der Waals surface area (Å²) < 4.78 is 27.7. The van der Waals surface area contributed by atoms with Crippen molar-refractivity contribution in [2.45, 2.75) is 43.7 Å². The molecule has 2 N–H and O–H groups in total. The first-order valence-corrected chi connectivity index (χ1v) is 8.96. The van der Waals surface area contributed by atoms with Crippen molar-refractivity contribution in [1.82, 2.24) is 9.21 Å². The number of hydrogen-bond donors (Lipinski definition) is 1. The van der Waals surface area contributed by atoms with Crippen molar-refractivity contribution in [2.24, 2.45) is 0 Å². The van der Waals surface area contributed by atoms with E-state index in [1.807, 2.05) is 6.92 Å². The maximum atomic E-state index is 13.0. The van der Waals surface area contributed by atoms with Crippen molar-refractivity contribution >= 4 is 15.7 Å². The first-order chi connectivity index (χ1) is 9.91. The van der Waals surface area contributed by atoms with Crippen LogP contribution in [0.4, 0.5) is 5.69 Å². The third-order valence-electron chi connectivity index (χ3n) is 4.79. The Kier molecular flexibility index (Phi) is 3.71. The van der Waals surface area contributed by atoms with Gasteiger partial charge >= 0.3 is 0 Å². The number of fused-ring (bicyclic) bond motifs is 1. The molecule has 0 amide bonds. The van der Waals surface area contributed by atoms with Crippen LogP contribution in [-0.2, 0) is 10.0 Å². The molecule has 0 aliphatic carbocycles. The van der Waals surface area contributed by atoms with Crippen molar-refractivity contribution < 1.29 is 8.42 Å². The second kappa shape index (κ2) is 5.26. The molecular formula is C15H23N3O2S. The van der Waals surface area contributed by atoms with E-state index in [9.17, 15) is 8.42 Å². The highest BCUT2D eigenvalue weighted by Crippen LogP contribution is 2.31. The normalized spacial score (nSPS) is 27.7. The van der Waals surface area contributed by atoms with Crippen LogP contribution in [0, 0.1) is 6.92 Å². The molecule has 2 atom stereocenters. The van der Waals surface area contributed by atoms with E-state index in [0.717, 1.165) is 19.5 Å². The van der Waals surface area contributed by atoms with Crippen LogP contribution >= 0.6 is 0 Å². The van der Waals surface area contributed by atoms with Gasteiger partial charge < -0.3 is 5.73 Å². The van der Waals surface area contributed by atoms with Crippen molar-refractivity contribution in [1.29, 1.82) is 0 Å². The molecule has 2 unspecified atom stereocenters. The minimum Gasteiger partial charge on any atom is -0.398 e. The van der Waals surface area contributed by atoms with Crippen LogP contribution in [-0.4, -0.2) is 49.3 Å². The fraction of sp³-hybridized carbons (Fsp3) is 0.600. The van der Waals surface area contributed by atoms with Crippen LogP contribution in [0.25, 0.3) is 0 Å². The minimum atomic E-state index is -3.48. The molecule has 0 radical (unpaired) electrons. The van der Waals surface area contributed by atoms with Gasteiger partial charge in [0, 0.05) is 30.9 Å². The molecule has 2 fully saturated rings. The summed E-state index contributed by atoms with van der Waals surface area (Å²) in [6.45, 7) is 6.29. The Balaban J connectivity index is 1.96. The van der Waals surface area contributed by atoms with E-state index in [1.165, 1.54) is 6.42 Å². The summed E-state index contributed by atoms with van der Waals surface area (Å²) in [5, 5.41) is 0. The molecule has 0 saturated carbocycles. The fourth-order valence-corrected chi connectivity index (χ4v) is 5.45. The highest BCUT2D eigenvalue weighted by atomic mass is 32.2. The Hall–Kier alpha value is -1.11. The summed E-state index contributed by atoms with van der Waals surface area (Å²) in [4.78, 5) is 2.77. The lowest BCUT2D eigenvalue weighted by molar-refractivity contribution is 0.117. The predicted molar refractivity (Wildman–Crippen MR) is 83.5 cm³/mol. The predicted octanol–water partition coefficient (Wildman–Crippen LogP) is 1.43. The molecule has 6 heteroatoms. The molecule has 5 nitrogen and oxygen atoms in total. The van der Waals surface area contributed by atoms with Gasteiger partial charge in [-0.2, -0.15) is 4.31 Å². The number of nitrogens with two attached hydrogens (primary N) is 1. The van der Waals surface area contributed by atoms with Gasteiger partial charge in [-0.25, -0.2) is 8.42 Å². The molecule has 1 aromatic rings.